The van der Waals surface area contributed by atoms with Gasteiger partial charge in [-0.1, -0.05) is 23.2 Å². The Morgan fingerprint density at radius 2 is 2.11 bits per heavy atom. The maximum atomic E-state index is 11.8. The zero-order valence-electron chi connectivity index (χ0n) is 10.0. The molecule has 0 radical (unpaired) electrons. The predicted molar refractivity (Wildman–Crippen MR) is 74.5 cm³/mol. The van der Waals surface area contributed by atoms with Crippen molar-refractivity contribution in [3.63, 3.8) is 0 Å². The topological polar surface area (TPSA) is 70.2 Å². The Kier molecular flexibility index (Phi) is 4.63. The van der Waals surface area contributed by atoms with Crippen molar-refractivity contribution in [2.45, 2.75) is 12.5 Å². The van der Waals surface area contributed by atoms with E-state index in [0.717, 1.165) is 0 Å². The van der Waals surface area contributed by atoms with E-state index in [0.29, 0.717) is 28.8 Å². The number of benzene rings is 1. The van der Waals surface area contributed by atoms with Crippen molar-refractivity contribution >= 4 is 40.7 Å². The third kappa shape index (κ3) is 3.83. The number of halogens is 2. The molecule has 3 N–H and O–H groups in total. The summed E-state index contributed by atoms with van der Waals surface area (Å²) >= 11 is 11.6. The highest BCUT2D eigenvalue weighted by atomic mass is 35.5. The molecule has 0 saturated carbocycles. The van der Waals surface area contributed by atoms with Crippen LogP contribution >= 0.6 is 23.2 Å². The molecule has 0 aliphatic carbocycles. The molecule has 1 aromatic carbocycles. The van der Waals surface area contributed by atoms with Gasteiger partial charge >= 0.3 is 0 Å². The van der Waals surface area contributed by atoms with Gasteiger partial charge in [0.05, 0.1) is 22.5 Å². The molecular weight excluding hydrogens is 289 g/mol. The maximum Gasteiger partial charge on any atom is 0.237 e. The Bertz CT molecular complexity index is 508. The van der Waals surface area contributed by atoms with Crippen LogP contribution in [0.25, 0.3) is 0 Å². The van der Waals surface area contributed by atoms with Crippen LogP contribution in [0.5, 0.6) is 0 Å². The van der Waals surface area contributed by atoms with Gasteiger partial charge in [0.2, 0.25) is 11.8 Å². The Morgan fingerprint density at radius 3 is 2.79 bits per heavy atom. The highest BCUT2D eigenvalue weighted by Crippen LogP contribution is 2.25. The first-order valence-corrected chi connectivity index (χ1v) is 6.58. The second-order valence-corrected chi connectivity index (χ2v) is 4.99. The molecule has 2 rings (SSSR count). The van der Waals surface area contributed by atoms with Gasteiger partial charge in [0.1, 0.15) is 0 Å². The number of carbonyl (C=O) groups is 2. The van der Waals surface area contributed by atoms with E-state index in [-0.39, 0.29) is 18.2 Å². The van der Waals surface area contributed by atoms with Crippen molar-refractivity contribution in [1.82, 2.24) is 10.6 Å². The molecular formula is C12H13Cl2N3O2. The summed E-state index contributed by atoms with van der Waals surface area (Å²) in [4.78, 5) is 23.3. The van der Waals surface area contributed by atoms with E-state index in [1.165, 1.54) is 0 Å². The summed E-state index contributed by atoms with van der Waals surface area (Å²) in [5.74, 6) is -0.413. The molecule has 1 heterocycles. The molecule has 5 nitrogen and oxygen atoms in total. The molecule has 1 aliphatic heterocycles. The third-order valence-electron chi connectivity index (χ3n) is 2.72. The SMILES string of the molecule is O=C(C[C@H]1NCCNC1=O)Nc1ccc(Cl)c(Cl)c1. The number of rotatable bonds is 3. The molecule has 2 amide bonds. The van der Waals surface area contributed by atoms with E-state index in [1.807, 2.05) is 0 Å². The molecule has 1 saturated heterocycles. The van der Waals surface area contributed by atoms with Crippen LogP contribution in [0.2, 0.25) is 10.0 Å². The number of nitrogens with one attached hydrogen (secondary N) is 3. The van der Waals surface area contributed by atoms with Crippen molar-refractivity contribution in [3.05, 3.63) is 28.2 Å². The fourth-order valence-corrected chi connectivity index (χ4v) is 2.08. The molecule has 1 atom stereocenters. The lowest BCUT2D eigenvalue weighted by atomic mass is 10.1. The number of hydrogen-bond acceptors (Lipinski definition) is 3. The summed E-state index contributed by atoms with van der Waals surface area (Å²) in [5, 5.41) is 9.15. The molecule has 1 aliphatic rings. The molecule has 7 heteroatoms. The minimum atomic E-state index is -0.489. The normalized spacial score (nSPS) is 18.8. The van der Waals surface area contributed by atoms with Gasteiger partial charge in [-0.15, -0.1) is 0 Å². The number of hydrogen-bond donors (Lipinski definition) is 3. The molecule has 1 aromatic rings. The second kappa shape index (κ2) is 6.23. The Labute approximate surface area is 120 Å². The van der Waals surface area contributed by atoms with E-state index in [1.54, 1.807) is 18.2 Å². The van der Waals surface area contributed by atoms with Crippen LogP contribution in [0, 0.1) is 0 Å². The number of carbonyl (C=O) groups excluding carboxylic acids is 2. The van der Waals surface area contributed by atoms with Crippen LogP contribution in [0.3, 0.4) is 0 Å². The summed E-state index contributed by atoms with van der Waals surface area (Å²) in [6, 6.07) is 4.33. The Morgan fingerprint density at radius 1 is 1.32 bits per heavy atom. The zero-order chi connectivity index (χ0) is 13.8. The molecule has 0 spiro atoms. The lowest BCUT2D eigenvalue weighted by Crippen LogP contribution is -2.53. The van der Waals surface area contributed by atoms with Gasteiger partial charge in [-0.3, -0.25) is 9.59 Å². The summed E-state index contributed by atoms with van der Waals surface area (Å²) in [7, 11) is 0. The quantitative estimate of drug-likeness (QED) is 0.790. The van der Waals surface area contributed by atoms with E-state index in [9.17, 15) is 9.59 Å². The summed E-state index contributed by atoms with van der Waals surface area (Å²) in [6.45, 7) is 1.25. The molecule has 0 bridgehead atoms. The van der Waals surface area contributed by atoms with Gasteiger partial charge < -0.3 is 16.0 Å². The molecule has 1 fully saturated rings. The van der Waals surface area contributed by atoms with Crippen LogP contribution < -0.4 is 16.0 Å². The Hall–Kier alpha value is -1.30. The van der Waals surface area contributed by atoms with Crippen LogP contribution in [0.15, 0.2) is 18.2 Å². The highest BCUT2D eigenvalue weighted by molar-refractivity contribution is 6.42. The second-order valence-electron chi connectivity index (χ2n) is 4.18. The molecule has 102 valence electrons. The van der Waals surface area contributed by atoms with Crippen molar-refractivity contribution in [1.29, 1.82) is 0 Å². The smallest absolute Gasteiger partial charge is 0.237 e. The number of amides is 2. The average Bonchev–Trinajstić information content (AvgIpc) is 2.37. The first kappa shape index (κ1) is 14.1. The van der Waals surface area contributed by atoms with E-state index in [2.05, 4.69) is 16.0 Å². The predicted octanol–water partition coefficient (Wildman–Crippen LogP) is 1.41. The highest BCUT2D eigenvalue weighted by Gasteiger charge is 2.23. The monoisotopic (exact) mass is 301 g/mol. The first-order chi connectivity index (χ1) is 9.06. The lowest BCUT2D eigenvalue weighted by molar-refractivity contribution is -0.127. The summed E-state index contributed by atoms with van der Waals surface area (Å²) in [5.41, 5.74) is 0.551. The van der Waals surface area contributed by atoms with Crippen molar-refractivity contribution < 1.29 is 9.59 Å². The van der Waals surface area contributed by atoms with Gasteiger partial charge in [-0.25, -0.2) is 0 Å². The van der Waals surface area contributed by atoms with Gasteiger partial charge in [0, 0.05) is 18.8 Å². The van der Waals surface area contributed by atoms with Gasteiger partial charge in [0.15, 0.2) is 0 Å². The van der Waals surface area contributed by atoms with Gasteiger partial charge in [-0.05, 0) is 18.2 Å². The van der Waals surface area contributed by atoms with Gasteiger partial charge in [0.25, 0.3) is 0 Å². The standard InChI is InChI=1S/C12H13Cl2N3O2/c13-8-2-1-7(5-9(8)14)17-11(18)6-10-12(19)16-4-3-15-10/h1-2,5,10,15H,3-4,6H2,(H,16,19)(H,17,18)/t10-/m1/s1. The van der Waals surface area contributed by atoms with Crippen molar-refractivity contribution in [2.75, 3.05) is 18.4 Å². The van der Waals surface area contributed by atoms with Crippen LogP contribution in [0.1, 0.15) is 6.42 Å². The largest absolute Gasteiger partial charge is 0.353 e. The molecule has 19 heavy (non-hydrogen) atoms. The molecule has 0 aromatic heterocycles. The van der Waals surface area contributed by atoms with Crippen LogP contribution in [-0.4, -0.2) is 30.9 Å². The summed E-state index contributed by atoms with van der Waals surface area (Å²) in [6.07, 6.45) is 0.0755. The fourth-order valence-electron chi connectivity index (χ4n) is 1.78. The van der Waals surface area contributed by atoms with Crippen molar-refractivity contribution in [3.8, 4) is 0 Å². The number of anilines is 1. The van der Waals surface area contributed by atoms with E-state index in [4.69, 9.17) is 23.2 Å². The third-order valence-corrected chi connectivity index (χ3v) is 3.46. The fraction of sp³-hybridized carbons (Fsp3) is 0.333. The minimum absolute atomic E-state index is 0.0755. The number of piperazine rings is 1. The average molecular weight is 302 g/mol. The first-order valence-electron chi connectivity index (χ1n) is 5.82. The zero-order valence-corrected chi connectivity index (χ0v) is 11.5. The molecule has 0 unspecified atom stereocenters. The van der Waals surface area contributed by atoms with Crippen molar-refractivity contribution in [2.24, 2.45) is 0 Å². The minimum Gasteiger partial charge on any atom is -0.353 e. The lowest BCUT2D eigenvalue weighted by Gasteiger charge is -2.22. The maximum absolute atomic E-state index is 11.8. The van der Waals surface area contributed by atoms with Crippen LogP contribution in [-0.2, 0) is 9.59 Å². The summed E-state index contributed by atoms with van der Waals surface area (Å²) < 4.78 is 0. The van der Waals surface area contributed by atoms with E-state index < -0.39 is 6.04 Å². The van der Waals surface area contributed by atoms with E-state index >= 15 is 0 Å². The van der Waals surface area contributed by atoms with Crippen LogP contribution in [0.4, 0.5) is 5.69 Å². The van der Waals surface area contributed by atoms with Gasteiger partial charge in [-0.2, -0.15) is 0 Å². The Balaban J connectivity index is 1.93.